The Morgan fingerprint density at radius 1 is 1.17 bits per heavy atom. The number of carbonyl (C=O) groups excluding carboxylic acids is 3. The first-order valence-corrected chi connectivity index (χ1v) is 10.0. The molecule has 0 aromatic heterocycles. The van der Waals surface area contributed by atoms with Gasteiger partial charge in [0.2, 0.25) is 5.91 Å². The van der Waals surface area contributed by atoms with E-state index in [2.05, 4.69) is 5.32 Å². The number of aryl methyl sites for hydroxylation is 1. The van der Waals surface area contributed by atoms with Crippen LogP contribution in [0.3, 0.4) is 0 Å². The number of nitrogens with one attached hydrogen (secondary N) is 1. The van der Waals surface area contributed by atoms with Gasteiger partial charge in [0.15, 0.2) is 11.5 Å². The molecule has 1 aliphatic rings. The molecular formula is C21H19ClN2O5S. The van der Waals surface area contributed by atoms with E-state index < -0.39 is 17.1 Å². The molecule has 9 heteroatoms. The molecule has 156 valence electrons. The number of imide groups is 1. The largest absolute Gasteiger partial charge is 0.493 e. The van der Waals surface area contributed by atoms with Gasteiger partial charge in [-0.15, -0.1) is 0 Å². The Bertz CT molecular complexity index is 1040. The fourth-order valence-corrected chi connectivity index (χ4v) is 3.92. The molecule has 0 spiro atoms. The van der Waals surface area contributed by atoms with Crippen LogP contribution in [0.5, 0.6) is 11.5 Å². The Balaban J connectivity index is 1.75. The number of anilines is 1. The molecule has 1 fully saturated rings. The Hall–Kier alpha value is -2.97. The number of amides is 3. The molecule has 0 aliphatic carbocycles. The molecule has 1 aliphatic heterocycles. The number of hydrogen-bond acceptors (Lipinski definition) is 6. The average Bonchev–Trinajstić information content (AvgIpc) is 2.96. The van der Waals surface area contributed by atoms with Gasteiger partial charge in [-0.2, -0.15) is 0 Å². The minimum atomic E-state index is -0.546. The Morgan fingerprint density at radius 3 is 2.50 bits per heavy atom. The lowest BCUT2D eigenvalue weighted by Gasteiger charge is -2.12. The van der Waals surface area contributed by atoms with Gasteiger partial charge in [-0.05, 0) is 54.6 Å². The van der Waals surface area contributed by atoms with Crippen LogP contribution in [-0.4, -0.2) is 42.7 Å². The van der Waals surface area contributed by atoms with E-state index in [1.807, 2.05) is 19.1 Å². The summed E-state index contributed by atoms with van der Waals surface area (Å²) in [6.07, 6.45) is 1.52. The van der Waals surface area contributed by atoms with E-state index in [1.165, 1.54) is 20.3 Å². The molecule has 0 bridgehead atoms. The summed E-state index contributed by atoms with van der Waals surface area (Å²) in [6, 6.07) is 10.5. The normalized spacial score (nSPS) is 14.9. The summed E-state index contributed by atoms with van der Waals surface area (Å²) in [5.41, 5.74) is 2.21. The monoisotopic (exact) mass is 446 g/mol. The van der Waals surface area contributed by atoms with Crippen molar-refractivity contribution in [2.75, 3.05) is 26.1 Å². The predicted molar refractivity (Wildman–Crippen MR) is 117 cm³/mol. The number of ether oxygens (including phenoxy) is 2. The summed E-state index contributed by atoms with van der Waals surface area (Å²) < 4.78 is 10.4. The highest BCUT2D eigenvalue weighted by Gasteiger charge is 2.36. The number of rotatable bonds is 6. The van der Waals surface area contributed by atoms with Crippen LogP contribution >= 0.6 is 23.4 Å². The highest BCUT2D eigenvalue weighted by Crippen LogP contribution is 2.38. The third-order valence-corrected chi connectivity index (χ3v) is 5.45. The van der Waals surface area contributed by atoms with Crippen LogP contribution in [0.2, 0.25) is 5.02 Å². The van der Waals surface area contributed by atoms with Crippen molar-refractivity contribution >= 4 is 52.2 Å². The number of hydrogen-bond donors (Lipinski definition) is 1. The first-order valence-electron chi connectivity index (χ1n) is 8.85. The first-order chi connectivity index (χ1) is 14.3. The quantitative estimate of drug-likeness (QED) is 0.664. The molecule has 2 aromatic rings. The van der Waals surface area contributed by atoms with Crippen molar-refractivity contribution in [3.05, 3.63) is 57.5 Å². The molecule has 1 N–H and O–H groups in total. The van der Waals surface area contributed by atoms with Crippen molar-refractivity contribution in [3.63, 3.8) is 0 Å². The molecule has 1 heterocycles. The predicted octanol–water partition coefficient (Wildman–Crippen LogP) is 4.34. The van der Waals surface area contributed by atoms with Crippen LogP contribution < -0.4 is 14.8 Å². The van der Waals surface area contributed by atoms with Crippen LogP contribution in [0.4, 0.5) is 10.5 Å². The molecular weight excluding hydrogens is 428 g/mol. The van der Waals surface area contributed by atoms with Gasteiger partial charge in [0.1, 0.15) is 6.54 Å². The van der Waals surface area contributed by atoms with Gasteiger partial charge in [0, 0.05) is 5.69 Å². The molecule has 2 aromatic carbocycles. The first kappa shape index (κ1) is 21.7. The van der Waals surface area contributed by atoms with Gasteiger partial charge >= 0.3 is 0 Å². The number of halogens is 1. The smallest absolute Gasteiger partial charge is 0.294 e. The van der Waals surface area contributed by atoms with E-state index in [1.54, 1.807) is 24.3 Å². The third-order valence-electron chi connectivity index (χ3n) is 4.26. The Labute approximate surface area is 183 Å². The highest BCUT2D eigenvalue weighted by atomic mass is 35.5. The summed E-state index contributed by atoms with van der Waals surface area (Å²) in [6.45, 7) is 1.56. The standard InChI is InChI=1S/C21H19ClN2O5S/c1-12-4-6-14(7-5-12)23-18(25)11-24-20(26)17(30-21(24)27)10-13-8-15(22)19(29-3)16(9-13)28-2/h4-10H,11H2,1-3H3,(H,23,25). The molecule has 0 unspecified atom stereocenters. The van der Waals surface area contributed by atoms with Gasteiger partial charge in [-0.25, -0.2) is 0 Å². The molecule has 7 nitrogen and oxygen atoms in total. The topological polar surface area (TPSA) is 84.9 Å². The van der Waals surface area contributed by atoms with E-state index in [9.17, 15) is 14.4 Å². The molecule has 0 radical (unpaired) electrons. The minimum absolute atomic E-state index is 0.187. The lowest BCUT2D eigenvalue weighted by atomic mass is 10.2. The second kappa shape index (κ2) is 9.23. The molecule has 30 heavy (non-hydrogen) atoms. The van der Waals surface area contributed by atoms with Gasteiger partial charge in [0.25, 0.3) is 11.1 Å². The number of benzene rings is 2. The van der Waals surface area contributed by atoms with Crippen LogP contribution in [0, 0.1) is 6.92 Å². The zero-order chi connectivity index (χ0) is 21.8. The van der Waals surface area contributed by atoms with Crippen molar-refractivity contribution in [1.82, 2.24) is 4.90 Å². The minimum Gasteiger partial charge on any atom is -0.493 e. The lowest BCUT2D eigenvalue weighted by molar-refractivity contribution is -0.127. The SMILES string of the molecule is COc1cc(C=C2SC(=O)N(CC(=O)Nc3ccc(C)cc3)C2=O)cc(Cl)c1OC. The average molecular weight is 447 g/mol. The zero-order valence-electron chi connectivity index (χ0n) is 16.5. The molecule has 0 atom stereocenters. The Kier molecular flexibility index (Phi) is 6.69. The number of carbonyl (C=O) groups is 3. The maximum absolute atomic E-state index is 12.7. The van der Waals surface area contributed by atoms with Crippen molar-refractivity contribution in [3.8, 4) is 11.5 Å². The van der Waals surface area contributed by atoms with Crippen LogP contribution in [0.1, 0.15) is 11.1 Å². The number of thioether (sulfide) groups is 1. The van der Waals surface area contributed by atoms with Crippen LogP contribution in [0.25, 0.3) is 6.08 Å². The van der Waals surface area contributed by atoms with E-state index in [0.717, 1.165) is 22.2 Å². The summed E-state index contributed by atoms with van der Waals surface area (Å²) in [4.78, 5) is 38.3. The van der Waals surface area contributed by atoms with Gasteiger partial charge in [-0.1, -0.05) is 29.3 Å². The summed E-state index contributed by atoms with van der Waals surface area (Å²) in [5.74, 6) is -0.239. The highest BCUT2D eigenvalue weighted by molar-refractivity contribution is 8.18. The van der Waals surface area contributed by atoms with Crippen LogP contribution in [-0.2, 0) is 9.59 Å². The van der Waals surface area contributed by atoms with Crippen molar-refractivity contribution in [1.29, 1.82) is 0 Å². The zero-order valence-corrected chi connectivity index (χ0v) is 18.1. The van der Waals surface area contributed by atoms with Crippen molar-refractivity contribution in [2.45, 2.75) is 6.92 Å². The molecule has 1 saturated heterocycles. The van der Waals surface area contributed by atoms with E-state index in [-0.39, 0.29) is 11.4 Å². The van der Waals surface area contributed by atoms with Crippen molar-refractivity contribution in [2.24, 2.45) is 0 Å². The van der Waals surface area contributed by atoms with E-state index in [0.29, 0.717) is 27.8 Å². The van der Waals surface area contributed by atoms with Crippen molar-refractivity contribution < 1.29 is 23.9 Å². The molecule has 0 saturated carbocycles. The van der Waals surface area contributed by atoms with E-state index >= 15 is 0 Å². The van der Waals surface area contributed by atoms with Gasteiger partial charge in [0.05, 0.1) is 24.1 Å². The Morgan fingerprint density at radius 2 is 1.87 bits per heavy atom. The van der Waals surface area contributed by atoms with Crippen LogP contribution in [0.15, 0.2) is 41.3 Å². The fraction of sp³-hybridized carbons (Fsp3) is 0.190. The maximum atomic E-state index is 12.7. The molecule has 3 rings (SSSR count). The number of nitrogens with zero attached hydrogens (tertiary/aromatic N) is 1. The number of methoxy groups -OCH3 is 2. The fourth-order valence-electron chi connectivity index (χ4n) is 2.79. The second-order valence-electron chi connectivity index (χ2n) is 6.42. The van der Waals surface area contributed by atoms with Gasteiger partial charge < -0.3 is 14.8 Å². The molecule has 3 amide bonds. The summed E-state index contributed by atoms with van der Waals surface area (Å²) in [5, 5.41) is 2.46. The maximum Gasteiger partial charge on any atom is 0.294 e. The lowest BCUT2D eigenvalue weighted by Crippen LogP contribution is -2.36. The van der Waals surface area contributed by atoms with E-state index in [4.69, 9.17) is 21.1 Å². The second-order valence-corrected chi connectivity index (χ2v) is 7.82. The summed E-state index contributed by atoms with van der Waals surface area (Å²) in [7, 11) is 2.94. The van der Waals surface area contributed by atoms with Gasteiger partial charge in [-0.3, -0.25) is 19.3 Å². The third kappa shape index (κ3) is 4.77. The summed E-state index contributed by atoms with van der Waals surface area (Å²) >= 11 is 6.95.